The molecule has 0 spiro atoms. The van der Waals surface area contributed by atoms with Gasteiger partial charge in [-0.3, -0.25) is 4.79 Å². The number of ether oxygens (including phenoxy) is 1. The molecule has 0 heterocycles. The number of carbonyl (C=O) groups excluding carboxylic acids is 1. The molecule has 1 aromatic carbocycles. The molecule has 0 saturated carbocycles. The SMILES string of the molecule is CC(C)(C)C(=O)Oc1cc(Cl)ccc1N. The van der Waals surface area contributed by atoms with E-state index in [1.54, 1.807) is 32.9 Å². The highest BCUT2D eigenvalue weighted by Gasteiger charge is 2.24. The standard InChI is InChI=1S/C11H14ClNO2/c1-11(2,3)10(14)15-9-6-7(12)4-5-8(9)13/h4-6H,13H2,1-3H3. The maximum atomic E-state index is 11.6. The van der Waals surface area contributed by atoms with E-state index in [1.807, 2.05) is 0 Å². The van der Waals surface area contributed by atoms with Crippen molar-refractivity contribution < 1.29 is 9.53 Å². The number of hydrogen-bond donors (Lipinski definition) is 1. The molecule has 2 N–H and O–H groups in total. The molecular formula is C11H14ClNO2. The monoisotopic (exact) mass is 227 g/mol. The predicted octanol–water partition coefficient (Wildman–Crippen LogP) is 2.87. The van der Waals surface area contributed by atoms with E-state index in [1.165, 1.54) is 6.07 Å². The zero-order valence-electron chi connectivity index (χ0n) is 9.00. The predicted molar refractivity (Wildman–Crippen MR) is 61.0 cm³/mol. The number of carbonyl (C=O) groups is 1. The first-order valence-electron chi connectivity index (χ1n) is 4.58. The summed E-state index contributed by atoms with van der Waals surface area (Å²) in [6.45, 7) is 5.32. The van der Waals surface area contributed by atoms with Crippen molar-refractivity contribution in [1.29, 1.82) is 0 Å². The Bertz CT molecular complexity index is 383. The fraction of sp³-hybridized carbons (Fsp3) is 0.364. The summed E-state index contributed by atoms with van der Waals surface area (Å²) >= 11 is 5.77. The van der Waals surface area contributed by atoms with Crippen LogP contribution in [0.3, 0.4) is 0 Å². The number of nitrogen functional groups attached to an aromatic ring is 1. The van der Waals surface area contributed by atoms with Crippen molar-refractivity contribution in [2.24, 2.45) is 5.41 Å². The van der Waals surface area contributed by atoms with E-state index in [2.05, 4.69) is 0 Å². The lowest BCUT2D eigenvalue weighted by atomic mass is 9.97. The van der Waals surface area contributed by atoms with Crippen molar-refractivity contribution in [1.82, 2.24) is 0 Å². The lowest BCUT2D eigenvalue weighted by Crippen LogP contribution is -2.25. The molecular weight excluding hydrogens is 214 g/mol. The van der Waals surface area contributed by atoms with Crippen LogP contribution in [0.2, 0.25) is 5.02 Å². The van der Waals surface area contributed by atoms with Gasteiger partial charge in [0.15, 0.2) is 5.75 Å². The van der Waals surface area contributed by atoms with E-state index >= 15 is 0 Å². The van der Waals surface area contributed by atoms with Gasteiger partial charge in [-0.2, -0.15) is 0 Å². The van der Waals surface area contributed by atoms with E-state index in [9.17, 15) is 4.79 Å². The zero-order chi connectivity index (χ0) is 11.6. The van der Waals surface area contributed by atoms with E-state index in [0.717, 1.165) is 0 Å². The van der Waals surface area contributed by atoms with Crippen LogP contribution >= 0.6 is 11.6 Å². The first kappa shape index (κ1) is 11.9. The van der Waals surface area contributed by atoms with Crippen molar-refractivity contribution >= 4 is 23.3 Å². The molecule has 0 unspecified atom stereocenters. The van der Waals surface area contributed by atoms with Crippen molar-refractivity contribution in [3.8, 4) is 5.75 Å². The summed E-state index contributed by atoms with van der Waals surface area (Å²) in [6.07, 6.45) is 0. The van der Waals surface area contributed by atoms with Gasteiger partial charge < -0.3 is 10.5 Å². The minimum absolute atomic E-state index is 0.308. The molecule has 0 bridgehead atoms. The van der Waals surface area contributed by atoms with Gasteiger partial charge in [0.05, 0.1) is 11.1 Å². The fourth-order valence-corrected chi connectivity index (χ4v) is 1.01. The topological polar surface area (TPSA) is 52.3 Å². The summed E-state index contributed by atoms with van der Waals surface area (Å²) in [5.74, 6) is -0.0288. The second-order valence-corrected chi connectivity index (χ2v) is 4.76. The number of esters is 1. The molecule has 0 aromatic heterocycles. The first-order valence-corrected chi connectivity index (χ1v) is 4.96. The van der Waals surface area contributed by atoms with E-state index in [4.69, 9.17) is 22.1 Å². The fourth-order valence-electron chi connectivity index (χ4n) is 0.850. The van der Waals surface area contributed by atoms with Gasteiger partial charge in [0.25, 0.3) is 0 Å². The van der Waals surface area contributed by atoms with Crippen molar-refractivity contribution in [2.45, 2.75) is 20.8 Å². The summed E-state index contributed by atoms with van der Waals surface area (Å²) < 4.78 is 5.14. The number of halogens is 1. The highest BCUT2D eigenvalue weighted by Crippen LogP contribution is 2.27. The van der Waals surface area contributed by atoms with Gasteiger partial charge >= 0.3 is 5.97 Å². The molecule has 1 rings (SSSR count). The van der Waals surface area contributed by atoms with Gasteiger partial charge in [-0.05, 0) is 32.9 Å². The summed E-state index contributed by atoms with van der Waals surface area (Å²) in [5.41, 5.74) is 5.48. The summed E-state index contributed by atoms with van der Waals surface area (Å²) in [4.78, 5) is 11.6. The summed E-state index contributed by atoms with van der Waals surface area (Å²) in [6, 6.07) is 4.78. The Kier molecular flexibility index (Phi) is 3.25. The molecule has 0 atom stereocenters. The Hall–Kier alpha value is -1.22. The van der Waals surface area contributed by atoms with Crippen LogP contribution in [0.25, 0.3) is 0 Å². The lowest BCUT2D eigenvalue weighted by molar-refractivity contribution is -0.142. The van der Waals surface area contributed by atoms with Crippen LogP contribution < -0.4 is 10.5 Å². The maximum Gasteiger partial charge on any atom is 0.316 e. The second-order valence-electron chi connectivity index (χ2n) is 4.32. The minimum Gasteiger partial charge on any atom is -0.424 e. The molecule has 1 aromatic rings. The van der Waals surface area contributed by atoms with Crippen LogP contribution in [-0.4, -0.2) is 5.97 Å². The third-order valence-electron chi connectivity index (χ3n) is 1.79. The van der Waals surface area contributed by atoms with Crippen LogP contribution in [0.1, 0.15) is 20.8 Å². The molecule has 0 amide bonds. The Balaban J connectivity index is 2.90. The van der Waals surface area contributed by atoms with E-state index < -0.39 is 5.41 Å². The van der Waals surface area contributed by atoms with Gasteiger partial charge in [-0.15, -0.1) is 0 Å². The van der Waals surface area contributed by atoms with Crippen molar-refractivity contribution in [2.75, 3.05) is 5.73 Å². The smallest absolute Gasteiger partial charge is 0.316 e. The van der Waals surface area contributed by atoms with Crippen LogP contribution in [0, 0.1) is 5.41 Å². The number of anilines is 1. The lowest BCUT2D eigenvalue weighted by Gasteiger charge is -2.17. The number of nitrogens with two attached hydrogens (primary N) is 1. The molecule has 0 fully saturated rings. The minimum atomic E-state index is -0.561. The van der Waals surface area contributed by atoms with Gasteiger partial charge in [0.1, 0.15) is 0 Å². The van der Waals surface area contributed by atoms with Crippen LogP contribution in [0.4, 0.5) is 5.69 Å². The average Bonchev–Trinajstić information content (AvgIpc) is 2.09. The van der Waals surface area contributed by atoms with Crippen LogP contribution in [0.5, 0.6) is 5.75 Å². The third-order valence-corrected chi connectivity index (χ3v) is 2.03. The Morgan fingerprint density at radius 2 is 2.00 bits per heavy atom. The molecule has 15 heavy (non-hydrogen) atoms. The third kappa shape index (κ3) is 3.13. The molecule has 0 aliphatic heterocycles. The number of benzene rings is 1. The summed E-state index contributed by atoms with van der Waals surface area (Å²) in [5, 5.41) is 0.487. The molecule has 3 nitrogen and oxygen atoms in total. The Morgan fingerprint density at radius 1 is 1.40 bits per heavy atom. The van der Waals surface area contributed by atoms with Gasteiger partial charge in [0.2, 0.25) is 0 Å². The molecule has 0 radical (unpaired) electrons. The maximum absolute atomic E-state index is 11.6. The average molecular weight is 228 g/mol. The summed E-state index contributed by atoms with van der Waals surface area (Å²) in [7, 11) is 0. The highest BCUT2D eigenvalue weighted by molar-refractivity contribution is 6.30. The van der Waals surface area contributed by atoms with Gasteiger partial charge in [-0.25, -0.2) is 0 Å². The largest absolute Gasteiger partial charge is 0.424 e. The number of rotatable bonds is 1. The Morgan fingerprint density at radius 3 is 2.53 bits per heavy atom. The molecule has 0 aliphatic carbocycles. The molecule has 4 heteroatoms. The van der Waals surface area contributed by atoms with E-state index in [-0.39, 0.29) is 5.97 Å². The van der Waals surface area contributed by atoms with Crippen molar-refractivity contribution in [3.63, 3.8) is 0 Å². The van der Waals surface area contributed by atoms with Crippen molar-refractivity contribution in [3.05, 3.63) is 23.2 Å². The molecule has 0 saturated heterocycles. The van der Waals surface area contributed by atoms with Crippen LogP contribution in [-0.2, 0) is 4.79 Å². The molecule has 82 valence electrons. The van der Waals surface area contributed by atoms with Gasteiger partial charge in [-0.1, -0.05) is 11.6 Å². The second kappa shape index (κ2) is 4.11. The quantitative estimate of drug-likeness (QED) is 0.456. The van der Waals surface area contributed by atoms with Crippen LogP contribution in [0.15, 0.2) is 18.2 Å². The highest BCUT2D eigenvalue weighted by atomic mass is 35.5. The first-order chi connectivity index (χ1) is 6.80. The normalized spacial score (nSPS) is 11.2. The zero-order valence-corrected chi connectivity index (χ0v) is 9.76. The molecule has 0 aliphatic rings. The Labute approximate surface area is 94.2 Å². The van der Waals surface area contributed by atoms with E-state index in [0.29, 0.717) is 16.5 Å². The number of hydrogen-bond acceptors (Lipinski definition) is 3. The van der Waals surface area contributed by atoms with Gasteiger partial charge in [0, 0.05) is 11.1 Å².